The molecule has 12 heteroatoms. The number of carbonyl (C=O) groups excluding carboxylic acids is 1. The number of hydrogen-bond donors (Lipinski definition) is 2. The lowest BCUT2D eigenvalue weighted by atomic mass is 10.1. The van der Waals surface area contributed by atoms with Crippen molar-refractivity contribution >= 4 is 39.0 Å². The summed E-state index contributed by atoms with van der Waals surface area (Å²) in [5.74, 6) is -0.539. The van der Waals surface area contributed by atoms with E-state index in [1.807, 2.05) is 38.1 Å². The second-order valence-electron chi connectivity index (χ2n) is 8.27. The third-order valence-electron chi connectivity index (χ3n) is 5.34. The standard InChI is InChI=1S/C22H31N7O4S/c1-5-7-12-27(4)21(30)29-17-18(23)24-20(26-34(32,33)13-6-2)25-19(17)28(22(29)31)14-16-10-8-15(3)9-11-16/h8-11H,5-7,12-14H2,1-4H3,(H3,23,24,25,26). The minimum absolute atomic E-state index is 0.0453. The highest BCUT2D eigenvalue weighted by atomic mass is 32.2. The number of imidazole rings is 1. The Hall–Kier alpha value is -3.41. The molecule has 3 rings (SSSR count). The number of hydrogen-bond acceptors (Lipinski definition) is 7. The molecule has 0 fully saturated rings. The molecule has 1 amide bonds. The summed E-state index contributed by atoms with van der Waals surface area (Å²) in [7, 11) is -2.08. The number of anilines is 2. The number of benzene rings is 1. The van der Waals surface area contributed by atoms with Gasteiger partial charge in [0.1, 0.15) is 5.52 Å². The molecule has 184 valence electrons. The van der Waals surface area contributed by atoms with E-state index in [9.17, 15) is 18.0 Å². The van der Waals surface area contributed by atoms with E-state index in [0.717, 1.165) is 28.5 Å². The molecule has 0 saturated carbocycles. The zero-order chi connectivity index (χ0) is 25.0. The maximum absolute atomic E-state index is 13.4. The minimum atomic E-state index is -3.69. The highest BCUT2D eigenvalue weighted by molar-refractivity contribution is 7.92. The number of nitrogens with one attached hydrogen (secondary N) is 1. The zero-order valence-corrected chi connectivity index (χ0v) is 20.7. The summed E-state index contributed by atoms with van der Waals surface area (Å²) in [6.07, 6.45) is 2.06. The van der Waals surface area contributed by atoms with Crippen LogP contribution in [0.3, 0.4) is 0 Å². The summed E-state index contributed by atoms with van der Waals surface area (Å²) < 4.78 is 29.1. The monoisotopic (exact) mass is 489 g/mol. The van der Waals surface area contributed by atoms with Crippen LogP contribution in [0.25, 0.3) is 11.2 Å². The summed E-state index contributed by atoms with van der Waals surface area (Å²) >= 11 is 0. The number of aromatic nitrogens is 4. The average molecular weight is 490 g/mol. The van der Waals surface area contributed by atoms with Crippen LogP contribution in [0.4, 0.5) is 16.6 Å². The number of rotatable bonds is 9. The van der Waals surface area contributed by atoms with Gasteiger partial charge in [0.25, 0.3) is 0 Å². The lowest BCUT2D eigenvalue weighted by Crippen LogP contribution is -2.38. The molecular formula is C22H31N7O4S. The van der Waals surface area contributed by atoms with Crippen molar-refractivity contribution in [3.05, 3.63) is 45.9 Å². The van der Waals surface area contributed by atoms with Crippen molar-refractivity contribution in [1.29, 1.82) is 0 Å². The molecule has 1 aromatic carbocycles. The van der Waals surface area contributed by atoms with Crippen LogP contribution in [0.2, 0.25) is 0 Å². The predicted molar refractivity (Wildman–Crippen MR) is 133 cm³/mol. The van der Waals surface area contributed by atoms with Gasteiger partial charge in [-0.2, -0.15) is 9.97 Å². The molecule has 3 aromatic rings. The van der Waals surface area contributed by atoms with Crippen molar-refractivity contribution < 1.29 is 13.2 Å². The number of sulfonamides is 1. The molecule has 3 N–H and O–H groups in total. The van der Waals surface area contributed by atoms with Gasteiger partial charge in [-0.25, -0.2) is 22.6 Å². The third kappa shape index (κ3) is 5.38. The van der Waals surface area contributed by atoms with E-state index < -0.39 is 21.7 Å². The number of amides is 1. The van der Waals surface area contributed by atoms with Gasteiger partial charge in [0, 0.05) is 13.6 Å². The SMILES string of the molecule is CCCCN(C)C(=O)n1c(=O)n(Cc2ccc(C)cc2)c2nc(NS(=O)(=O)CCC)nc(N)c21. The summed E-state index contributed by atoms with van der Waals surface area (Å²) in [6, 6.07) is 7.01. The molecule has 0 unspecified atom stereocenters. The number of carbonyl (C=O) groups is 1. The first-order valence-corrected chi connectivity index (χ1v) is 12.8. The summed E-state index contributed by atoms with van der Waals surface area (Å²) in [4.78, 5) is 36.4. The minimum Gasteiger partial charge on any atom is -0.382 e. The second-order valence-corrected chi connectivity index (χ2v) is 10.1. The third-order valence-corrected chi connectivity index (χ3v) is 6.78. The Morgan fingerprint density at radius 3 is 2.44 bits per heavy atom. The van der Waals surface area contributed by atoms with Crippen LogP contribution in [0, 0.1) is 6.92 Å². The summed E-state index contributed by atoms with van der Waals surface area (Å²) in [5, 5.41) is 0. The Balaban J connectivity index is 2.20. The Morgan fingerprint density at radius 1 is 1.15 bits per heavy atom. The molecule has 0 aliphatic carbocycles. The lowest BCUT2D eigenvalue weighted by molar-refractivity contribution is 0.209. The van der Waals surface area contributed by atoms with Crippen LogP contribution in [0.15, 0.2) is 29.1 Å². The van der Waals surface area contributed by atoms with Crippen LogP contribution in [-0.2, 0) is 16.6 Å². The average Bonchev–Trinajstić information content (AvgIpc) is 3.04. The van der Waals surface area contributed by atoms with Crippen molar-refractivity contribution in [3.63, 3.8) is 0 Å². The molecule has 0 bridgehead atoms. The summed E-state index contributed by atoms with van der Waals surface area (Å²) in [5.41, 5.74) is 7.52. The van der Waals surface area contributed by atoms with Crippen molar-refractivity contribution in [2.75, 3.05) is 29.8 Å². The molecule has 11 nitrogen and oxygen atoms in total. The largest absolute Gasteiger partial charge is 0.382 e. The first-order chi connectivity index (χ1) is 16.1. The van der Waals surface area contributed by atoms with Gasteiger partial charge in [-0.1, -0.05) is 50.1 Å². The van der Waals surface area contributed by atoms with Gasteiger partial charge in [-0.05, 0) is 25.3 Å². The second kappa shape index (κ2) is 10.2. The normalized spacial score (nSPS) is 11.6. The Kier molecular flexibility index (Phi) is 7.60. The van der Waals surface area contributed by atoms with E-state index in [-0.39, 0.29) is 35.2 Å². The molecule has 0 aliphatic rings. The Morgan fingerprint density at radius 2 is 1.82 bits per heavy atom. The topological polar surface area (TPSA) is 145 Å². The number of nitrogens with two attached hydrogens (primary N) is 1. The van der Waals surface area contributed by atoms with Crippen molar-refractivity contribution in [3.8, 4) is 0 Å². The number of unbranched alkanes of at least 4 members (excludes halogenated alkanes) is 1. The molecular weight excluding hydrogens is 458 g/mol. The van der Waals surface area contributed by atoms with Gasteiger partial charge >= 0.3 is 11.7 Å². The molecule has 2 aromatic heterocycles. The fraction of sp³-hybridized carbons (Fsp3) is 0.455. The van der Waals surface area contributed by atoms with Crippen LogP contribution >= 0.6 is 0 Å². The van der Waals surface area contributed by atoms with Gasteiger partial charge in [0.2, 0.25) is 16.0 Å². The van der Waals surface area contributed by atoms with Crippen LogP contribution in [0.1, 0.15) is 44.2 Å². The van der Waals surface area contributed by atoms with Crippen molar-refractivity contribution in [2.45, 2.75) is 46.6 Å². The lowest BCUT2D eigenvalue weighted by Gasteiger charge is -2.16. The molecule has 34 heavy (non-hydrogen) atoms. The number of nitrogen functional groups attached to an aromatic ring is 1. The van der Waals surface area contributed by atoms with Crippen LogP contribution < -0.4 is 16.1 Å². The fourth-order valence-electron chi connectivity index (χ4n) is 3.53. The number of aryl methyl sites for hydroxylation is 1. The van der Waals surface area contributed by atoms with Gasteiger partial charge in [0.05, 0.1) is 12.3 Å². The van der Waals surface area contributed by atoms with Gasteiger partial charge in [-0.15, -0.1) is 0 Å². The van der Waals surface area contributed by atoms with Crippen molar-refractivity contribution in [1.82, 2.24) is 24.0 Å². The molecule has 2 heterocycles. The predicted octanol–water partition coefficient (Wildman–Crippen LogP) is 2.38. The molecule has 0 spiro atoms. The summed E-state index contributed by atoms with van der Waals surface area (Å²) in [6.45, 7) is 6.27. The number of fused-ring (bicyclic) bond motifs is 1. The van der Waals surface area contributed by atoms with Crippen molar-refractivity contribution in [2.24, 2.45) is 0 Å². The molecule has 0 aliphatic heterocycles. The van der Waals surface area contributed by atoms with Gasteiger partial charge < -0.3 is 10.6 Å². The van der Waals surface area contributed by atoms with E-state index in [0.29, 0.717) is 13.0 Å². The van der Waals surface area contributed by atoms with Crippen LogP contribution in [-0.4, -0.2) is 57.8 Å². The first kappa shape index (κ1) is 25.2. The Bertz CT molecular complexity index is 1340. The zero-order valence-electron chi connectivity index (χ0n) is 19.9. The molecule has 0 radical (unpaired) electrons. The highest BCUT2D eigenvalue weighted by Gasteiger charge is 2.26. The maximum Gasteiger partial charge on any atom is 0.339 e. The fourth-order valence-corrected chi connectivity index (χ4v) is 4.54. The maximum atomic E-state index is 13.4. The van der Waals surface area contributed by atoms with E-state index >= 15 is 0 Å². The Labute approximate surface area is 198 Å². The number of nitrogens with zero attached hydrogens (tertiary/aromatic N) is 5. The first-order valence-electron chi connectivity index (χ1n) is 11.2. The quantitative estimate of drug-likeness (QED) is 0.469. The van der Waals surface area contributed by atoms with Gasteiger partial charge in [0.15, 0.2) is 11.5 Å². The van der Waals surface area contributed by atoms with E-state index in [1.165, 1.54) is 9.47 Å². The van der Waals surface area contributed by atoms with Crippen LogP contribution in [0.5, 0.6) is 0 Å². The van der Waals surface area contributed by atoms with E-state index in [4.69, 9.17) is 5.73 Å². The molecule has 0 atom stereocenters. The highest BCUT2D eigenvalue weighted by Crippen LogP contribution is 2.21. The van der Waals surface area contributed by atoms with E-state index in [2.05, 4.69) is 14.7 Å². The van der Waals surface area contributed by atoms with Gasteiger partial charge in [-0.3, -0.25) is 9.29 Å². The molecule has 0 saturated heterocycles. The van der Waals surface area contributed by atoms with E-state index in [1.54, 1.807) is 14.0 Å². The smallest absolute Gasteiger partial charge is 0.339 e.